The first-order valence-electron chi connectivity index (χ1n) is 8.84. The molecule has 6 rings (SSSR count). The third-order valence-corrected chi connectivity index (χ3v) is 6.42. The first kappa shape index (κ1) is 14.8. The predicted octanol–water partition coefficient (Wildman–Crippen LogP) is 3.58. The Bertz CT molecular complexity index is 749. The largest absolute Gasteiger partial charge is 0.353 e. The van der Waals surface area contributed by atoms with E-state index in [1.807, 2.05) is 0 Å². The zero-order chi connectivity index (χ0) is 16.1. The lowest BCUT2D eigenvalue weighted by Crippen LogP contribution is -2.68. The minimum Gasteiger partial charge on any atom is -0.353 e. The molecule has 2 bridgehead atoms. The van der Waals surface area contributed by atoms with Crippen molar-refractivity contribution >= 4 is 21.7 Å². The van der Waals surface area contributed by atoms with Crippen molar-refractivity contribution in [2.75, 3.05) is 18.0 Å². The Hall–Kier alpha value is -1.46. The molecule has 1 aliphatic carbocycles. The second-order valence-electron chi connectivity index (χ2n) is 7.29. The van der Waals surface area contributed by atoms with Gasteiger partial charge in [-0.25, -0.2) is 9.97 Å². The third kappa shape index (κ3) is 2.64. The van der Waals surface area contributed by atoms with Gasteiger partial charge < -0.3 is 4.90 Å². The van der Waals surface area contributed by atoms with Crippen LogP contribution < -0.4 is 4.90 Å². The monoisotopic (exact) mass is 384 g/mol. The number of hydrogen-bond donors (Lipinski definition) is 0. The molecule has 0 radical (unpaired) electrons. The molecule has 0 spiro atoms. The number of piperidine rings is 1. The fraction of sp³-hybridized carbons (Fsp3) is 0.474. The van der Waals surface area contributed by atoms with E-state index in [4.69, 9.17) is 0 Å². The van der Waals surface area contributed by atoms with Crippen molar-refractivity contribution in [3.63, 3.8) is 0 Å². The molecule has 5 heteroatoms. The molecule has 2 atom stereocenters. The van der Waals surface area contributed by atoms with Crippen LogP contribution in [0.15, 0.2) is 41.1 Å². The van der Waals surface area contributed by atoms with Gasteiger partial charge in [-0.2, -0.15) is 0 Å². The van der Waals surface area contributed by atoms with Gasteiger partial charge in [-0.1, -0.05) is 34.1 Å². The van der Waals surface area contributed by atoms with Crippen LogP contribution in [-0.4, -0.2) is 40.0 Å². The number of anilines is 1. The Labute approximate surface area is 151 Å². The molecule has 1 aromatic heterocycles. The van der Waals surface area contributed by atoms with Gasteiger partial charge in [0.2, 0.25) is 0 Å². The molecule has 3 saturated heterocycles. The Morgan fingerprint density at radius 1 is 1.08 bits per heavy atom. The summed E-state index contributed by atoms with van der Waals surface area (Å²) < 4.78 is 1.22. The highest BCUT2D eigenvalue weighted by Gasteiger charge is 2.44. The van der Waals surface area contributed by atoms with Gasteiger partial charge in [0.1, 0.15) is 12.1 Å². The minimum atomic E-state index is 0.648. The van der Waals surface area contributed by atoms with Gasteiger partial charge in [0.05, 0.1) is 0 Å². The van der Waals surface area contributed by atoms with Crippen molar-refractivity contribution in [3.05, 3.63) is 52.4 Å². The number of nitrogens with zero attached hydrogens (tertiary/aromatic N) is 4. The molecule has 24 heavy (non-hydrogen) atoms. The summed E-state index contributed by atoms with van der Waals surface area (Å²) in [6.07, 6.45) is 5.66. The lowest BCUT2D eigenvalue weighted by Gasteiger charge is -2.56. The lowest BCUT2D eigenvalue weighted by atomic mass is 9.86. The molecular weight excluding hydrogens is 364 g/mol. The van der Waals surface area contributed by atoms with E-state index >= 15 is 0 Å². The van der Waals surface area contributed by atoms with Crippen LogP contribution in [0, 0.1) is 0 Å². The van der Waals surface area contributed by atoms with Crippen molar-refractivity contribution in [2.45, 2.75) is 43.8 Å². The van der Waals surface area contributed by atoms with E-state index in [1.54, 1.807) is 6.33 Å². The van der Waals surface area contributed by atoms with Gasteiger partial charge in [-0.15, -0.1) is 0 Å². The summed E-state index contributed by atoms with van der Waals surface area (Å²) in [6, 6.07) is 12.1. The number of halogens is 1. The first-order valence-corrected chi connectivity index (χ1v) is 9.63. The van der Waals surface area contributed by atoms with E-state index in [1.165, 1.54) is 35.0 Å². The number of hydrogen-bond acceptors (Lipinski definition) is 4. The topological polar surface area (TPSA) is 32.3 Å². The molecular formula is C19H21BrN4. The first-order chi connectivity index (χ1) is 11.8. The average molecular weight is 385 g/mol. The summed E-state index contributed by atoms with van der Waals surface area (Å²) in [5.41, 5.74) is 2.63. The molecule has 2 aromatic rings. The fourth-order valence-corrected chi connectivity index (χ4v) is 4.50. The van der Waals surface area contributed by atoms with Crippen LogP contribution in [0.5, 0.6) is 0 Å². The molecule has 0 N–H and O–H groups in total. The van der Waals surface area contributed by atoms with Crippen molar-refractivity contribution in [3.8, 4) is 0 Å². The standard InChI is InChI=1S/C19H21BrN4/c20-17-4-2-1-3-14(17)9-24-15-7-16(24)11-23(10-15)19-8-18(13-5-6-13)21-12-22-19/h1-4,8,12-13,15-16H,5-7,9-11H2. The van der Waals surface area contributed by atoms with Crippen LogP contribution in [0.25, 0.3) is 0 Å². The van der Waals surface area contributed by atoms with E-state index in [-0.39, 0.29) is 0 Å². The molecule has 2 unspecified atom stereocenters. The van der Waals surface area contributed by atoms with Crippen molar-refractivity contribution in [1.82, 2.24) is 14.9 Å². The third-order valence-electron chi connectivity index (χ3n) is 5.65. The highest BCUT2D eigenvalue weighted by atomic mass is 79.9. The van der Waals surface area contributed by atoms with Gasteiger partial charge in [0.25, 0.3) is 0 Å². The molecule has 4 aliphatic rings. The van der Waals surface area contributed by atoms with Gasteiger partial charge >= 0.3 is 0 Å². The van der Waals surface area contributed by atoms with Gasteiger partial charge in [-0.3, -0.25) is 4.90 Å². The van der Waals surface area contributed by atoms with Gasteiger partial charge in [0.15, 0.2) is 0 Å². The number of benzene rings is 1. The summed E-state index contributed by atoms with van der Waals surface area (Å²) in [5, 5.41) is 0. The number of aromatic nitrogens is 2. The van der Waals surface area contributed by atoms with E-state index in [9.17, 15) is 0 Å². The summed E-state index contributed by atoms with van der Waals surface area (Å²) in [6.45, 7) is 3.21. The van der Waals surface area contributed by atoms with Crippen LogP contribution in [0.3, 0.4) is 0 Å². The van der Waals surface area contributed by atoms with E-state index in [0.29, 0.717) is 18.0 Å². The quantitative estimate of drug-likeness (QED) is 0.806. The Morgan fingerprint density at radius 3 is 2.62 bits per heavy atom. The molecule has 124 valence electrons. The Kier molecular flexibility index (Phi) is 3.60. The SMILES string of the molecule is Brc1ccccc1CN1C2CC1CN(c1cc(C3CC3)ncn1)C2. The highest BCUT2D eigenvalue weighted by molar-refractivity contribution is 9.10. The second kappa shape index (κ2) is 5.81. The molecule has 1 aromatic carbocycles. The average Bonchev–Trinajstić information content (AvgIpc) is 3.46. The maximum absolute atomic E-state index is 4.54. The number of fused-ring (bicyclic) bond motifs is 2. The molecule has 0 amide bonds. The van der Waals surface area contributed by atoms with Crippen LogP contribution in [0.4, 0.5) is 5.82 Å². The summed E-state index contributed by atoms with van der Waals surface area (Å²) in [4.78, 5) is 14.1. The van der Waals surface area contributed by atoms with Crippen LogP contribution in [-0.2, 0) is 6.54 Å². The Balaban J connectivity index is 1.29. The Morgan fingerprint density at radius 2 is 1.88 bits per heavy atom. The molecule has 4 heterocycles. The smallest absolute Gasteiger partial charge is 0.132 e. The normalized spacial score (nSPS) is 26.3. The minimum absolute atomic E-state index is 0.648. The van der Waals surface area contributed by atoms with Crippen molar-refractivity contribution < 1.29 is 0 Å². The van der Waals surface area contributed by atoms with Crippen molar-refractivity contribution in [2.24, 2.45) is 0 Å². The summed E-state index contributed by atoms with van der Waals surface area (Å²) >= 11 is 3.68. The number of piperazine rings is 1. The second-order valence-corrected chi connectivity index (χ2v) is 8.14. The van der Waals surface area contributed by atoms with Crippen molar-refractivity contribution in [1.29, 1.82) is 0 Å². The highest BCUT2D eigenvalue weighted by Crippen LogP contribution is 2.40. The van der Waals surface area contributed by atoms with E-state index in [0.717, 1.165) is 25.5 Å². The molecule has 1 saturated carbocycles. The molecule has 4 nitrogen and oxygen atoms in total. The fourth-order valence-electron chi connectivity index (χ4n) is 4.09. The maximum Gasteiger partial charge on any atom is 0.132 e. The molecule has 4 fully saturated rings. The predicted molar refractivity (Wildman–Crippen MR) is 98.1 cm³/mol. The van der Waals surface area contributed by atoms with Gasteiger partial charge in [-0.05, 0) is 30.9 Å². The van der Waals surface area contributed by atoms with Crippen LogP contribution >= 0.6 is 15.9 Å². The van der Waals surface area contributed by atoms with Gasteiger partial charge in [0, 0.05) is 53.9 Å². The van der Waals surface area contributed by atoms with Crippen LogP contribution in [0.2, 0.25) is 0 Å². The maximum atomic E-state index is 4.54. The van der Waals surface area contributed by atoms with E-state index < -0.39 is 0 Å². The number of rotatable bonds is 4. The summed E-state index contributed by atoms with van der Waals surface area (Å²) in [5.74, 6) is 1.82. The van der Waals surface area contributed by atoms with E-state index in [2.05, 4.69) is 66.0 Å². The zero-order valence-electron chi connectivity index (χ0n) is 13.6. The zero-order valence-corrected chi connectivity index (χ0v) is 15.2. The lowest BCUT2D eigenvalue weighted by molar-refractivity contribution is -0.00885. The van der Waals surface area contributed by atoms with Crippen LogP contribution in [0.1, 0.15) is 36.4 Å². The molecule has 3 aliphatic heterocycles. The summed E-state index contributed by atoms with van der Waals surface area (Å²) in [7, 11) is 0.